The van der Waals surface area contributed by atoms with E-state index in [-0.39, 0.29) is 33.1 Å². The van der Waals surface area contributed by atoms with E-state index in [1.807, 2.05) is 12.1 Å². The predicted molar refractivity (Wildman–Crippen MR) is 262 cm³/mol. The van der Waals surface area contributed by atoms with Gasteiger partial charge in [0.1, 0.15) is 39.2 Å². The van der Waals surface area contributed by atoms with Crippen LogP contribution < -0.4 is 32.2 Å². The van der Waals surface area contributed by atoms with Crippen LogP contribution in [0.15, 0.2) is 152 Å². The van der Waals surface area contributed by atoms with Gasteiger partial charge in [-0.1, -0.05) is 120 Å². The number of rotatable bonds is 4. The van der Waals surface area contributed by atoms with Crippen molar-refractivity contribution in [3.05, 3.63) is 152 Å². The topological polar surface area (TPSA) is 41.9 Å². The van der Waals surface area contributed by atoms with Crippen molar-refractivity contribution in [2.45, 2.75) is 0 Å². The van der Waals surface area contributed by atoms with Gasteiger partial charge in [-0.25, -0.2) is 15.0 Å². The summed E-state index contributed by atoms with van der Waals surface area (Å²) in [5.74, 6) is 1.11. The van der Waals surface area contributed by atoms with E-state index >= 15 is 0 Å². The van der Waals surface area contributed by atoms with E-state index in [2.05, 4.69) is 144 Å². The smallest absolute Gasteiger partial charge is 0.164 e. The molecule has 1 aliphatic rings. The van der Waals surface area contributed by atoms with Crippen LogP contribution in [0.25, 0.3) is 97.8 Å². The summed E-state index contributed by atoms with van der Waals surface area (Å²) in [6.45, 7) is 0. The third kappa shape index (κ3) is 5.41. The van der Waals surface area contributed by atoms with Gasteiger partial charge in [0.05, 0.1) is 17.1 Å². The summed E-state index contributed by atoms with van der Waals surface area (Å²) < 4.78 is 2.32. The number of hydrogen-bond acceptors (Lipinski definition) is 5. The van der Waals surface area contributed by atoms with Crippen molar-refractivity contribution in [2.75, 3.05) is 4.90 Å². The van der Waals surface area contributed by atoms with Crippen molar-refractivity contribution in [3.63, 3.8) is 0 Å². The summed E-state index contributed by atoms with van der Waals surface area (Å²) >= 11 is 1.73. The second kappa shape index (κ2) is 13.6. The molecule has 0 aliphatic carbocycles. The van der Waals surface area contributed by atoms with Gasteiger partial charge >= 0.3 is 0 Å². The first-order valence-electron chi connectivity index (χ1n) is 19.9. The molecule has 270 valence electrons. The second-order valence-corrected chi connectivity index (χ2v) is 16.6. The van der Waals surface area contributed by atoms with E-state index in [1.54, 1.807) is 11.3 Å². The van der Waals surface area contributed by atoms with Gasteiger partial charge in [0.25, 0.3) is 0 Å². The lowest BCUT2D eigenvalue weighted by molar-refractivity contribution is 1.08. The van der Waals surface area contributed by atoms with Gasteiger partial charge in [0, 0.05) is 53.2 Å². The van der Waals surface area contributed by atoms with Crippen molar-refractivity contribution in [2.24, 2.45) is 0 Å². The average Bonchev–Trinajstić information content (AvgIpc) is 3.68. The molecule has 2 aromatic heterocycles. The Hall–Kier alpha value is -6.89. The summed E-state index contributed by atoms with van der Waals surface area (Å²) in [6, 6.07) is 53.6. The van der Waals surface area contributed by atoms with Crippen LogP contribution in [0.5, 0.6) is 0 Å². The highest BCUT2D eigenvalue weighted by Gasteiger charge is 2.28. The molecule has 4 nitrogen and oxygen atoms in total. The molecule has 12 rings (SSSR count). The van der Waals surface area contributed by atoms with Gasteiger partial charge in [-0.15, -0.1) is 27.7 Å². The van der Waals surface area contributed by atoms with E-state index in [1.165, 1.54) is 48.1 Å². The lowest BCUT2D eigenvalue weighted by Gasteiger charge is -2.34. The van der Waals surface area contributed by atoms with Gasteiger partial charge in [-0.05, 0) is 69.6 Å². The van der Waals surface area contributed by atoms with Gasteiger partial charge in [-0.2, -0.15) is 0 Å². The lowest BCUT2D eigenvalue weighted by atomic mass is 9.60. The fourth-order valence-electron chi connectivity index (χ4n) is 9.12. The maximum atomic E-state index is 6.67. The fourth-order valence-corrected chi connectivity index (χ4v) is 10.3. The Labute approximate surface area is 362 Å². The summed E-state index contributed by atoms with van der Waals surface area (Å²) in [6.07, 6.45) is 0. The zero-order valence-corrected chi connectivity index (χ0v) is 33.3. The molecule has 0 unspecified atom stereocenters. The lowest BCUT2D eigenvalue weighted by Crippen LogP contribution is -2.55. The minimum absolute atomic E-state index is 0.121. The number of benzene rings is 9. The molecule has 1 aliphatic heterocycles. The maximum Gasteiger partial charge on any atom is 0.164 e. The molecule has 0 spiro atoms. The molecule has 10 heteroatoms. The number of fused-ring (bicyclic) bond motifs is 7. The van der Waals surface area contributed by atoms with E-state index in [4.69, 9.17) is 54.2 Å². The van der Waals surface area contributed by atoms with Gasteiger partial charge in [0.15, 0.2) is 17.5 Å². The van der Waals surface area contributed by atoms with Gasteiger partial charge in [-0.3, -0.25) is 0 Å². The van der Waals surface area contributed by atoms with Crippen molar-refractivity contribution in [3.8, 4) is 45.3 Å². The highest BCUT2D eigenvalue weighted by molar-refractivity contribution is 7.25. The number of thiophene rings is 1. The predicted octanol–water partition coefficient (Wildman–Crippen LogP) is 8.12. The molecule has 0 atom stereocenters. The second-order valence-electron chi connectivity index (χ2n) is 15.5. The fraction of sp³-hybridized carbons (Fsp3) is 0. The molecule has 61 heavy (non-hydrogen) atoms. The largest absolute Gasteiger partial charge is 0.309 e. The molecular formula is C51H25B5N4S. The zero-order chi connectivity index (χ0) is 41.1. The van der Waals surface area contributed by atoms with Gasteiger partial charge in [0.2, 0.25) is 0 Å². The van der Waals surface area contributed by atoms with Crippen molar-refractivity contribution in [1.29, 1.82) is 0 Å². The van der Waals surface area contributed by atoms with Crippen LogP contribution in [0, 0.1) is 0 Å². The van der Waals surface area contributed by atoms with Crippen LogP contribution in [0.1, 0.15) is 0 Å². The SMILES string of the molecule is [B]c1c([B])c([B])c(-c2nc(-c3ccc4c(c3)sc3ccccc34)nc(-c3ccc(N4c5cc6ccccc6cc5-c5cccc6cccc4c56)c4ccccc34)n2)c([B])c1[B]. The number of anilines is 3. The molecule has 0 fully saturated rings. The van der Waals surface area contributed by atoms with E-state index in [0.717, 1.165) is 43.7 Å². The Kier molecular flexibility index (Phi) is 8.01. The van der Waals surface area contributed by atoms with E-state index in [0.29, 0.717) is 17.2 Å². The number of aromatic nitrogens is 3. The van der Waals surface area contributed by atoms with Crippen molar-refractivity contribution in [1.82, 2.24) is 15.0 Å². The Morgan fingerprint density at radius 1 is 0.377 bits per heavy atom. The standard InChI is InChI=1S/C51H25B5N4S/c52-44-43(45(53)47(55)48(56)46(44)54)51-58-49(29-19-20-33-32-15-5-6-18-40(32)61-41(33)25-29)57-50(59-51)35-21-22-37(31-14-4-3-13-30(31)35)60-38-17-8-12-26-11-7-16-34(42(26)38)36-23-27-9-1-2-10-28(27)24-39(36)60/h1-25H. The van der Waals surface area contributed by atoms with E-state index in [9.17, 15) is 0 Å². The Balaban J connectivity index is 1.11. The normalized spacial score (nSPS) is 12.2. The van der Waals surface area contributed by atoms with Crippen LogP contribution in [0.2, 0.25) is 0 Å². The summed E-state index contributed by atoms with van der Waals surface area (Å²) in [5.41, 5.74) is 8.22. The first-order valence-corrected chi connectivity index (χ1v) is 20.7. The van der Waals surface area contributed by atoms with Crippen molar-refractivity contribution < 1.29 is 0 Å². The zero-order valence-electron chi connectivity index (χ0n) is 32.5. The van der Waals surface area contributed by atoms with Crippen molar-refractivity contribution >= 4 is 147 Å². The van der Waals surface area contributed by atoms with Crippen LogP contribution in [0.4, 0.5) is 17.1 Å². The molecule has 0 amide bonds. The first-order chi connectivity index (χ1) is 29.8. The van der Waals surface area contributed by atoms with Gasteiger partial charge < -0.3 is 4.90 Å². The molecule has 11 aromatic rings. The highest BCUT2D eigenvalue weighted by atomic mass is 32.1. The number of nitrogens with zero attached hydrogens (tertiary/aromatic N) is 4. The third-order valence-electron chi connectivity index (χ3n) is 12.1. The van der Waals surface area contributed by atoms with E-state index < -0.39 is 0 Å². The number of hydrogen-bond donors (Lipinski definition) is 0. The molecule has 9 aromatic carbocycles. The molecule has 0 saturated heterocycles. The highest BCUT2D eigenvalue weighted by Crippen LogP contribution is 2.53. The molecule has 0 bridgehead atoms. The summed E-state index contributed by atoms with van der Waals surface area (Å²) in [5, 5.41) is 9.09. The minimum atomic E-state index is 0.121. The monoisotopic (exact) mass is 780 g/mol. The van der Waals surface area contributed by atoms with Crippen LogP contribution in [-0.4, -0.2) is 54.2 Å². The minimum Gasteiger partial charge on any atom is -0.309 e. The maximum absolute atomic E-state index is 6.67. The Bertz CT molecular complexity index is 3660. The summed E-state index contributed by atoms with van der Waals surface area (Å²) in [4.78, 5) is 17.7. The van der Waals surface area contributed by atoms with Crippen LogP contribution in [0.3, 0.4) is 0 Å². The quantitative estimate of drug-likeness (QED) is 0.170. The molecule has 3 heterocycles. The summed E-state index contributed by atoms with van der Waals surface area (Å²) in [7, 11) is 32.4. The first kappa shape index (κ1) is 36.0. The third-order valence-corrected chi connectivity index (χ3v) is 13.2. The Morgan fingerprint density at radius 2 is 1.00 bits per heavy atom. The molecule has 0 N–H and O–H groups in total. The molecular weight excluding hydrogens is 755 g/mol. The molecule has 10 radical (unpaired) electrons. The van der Waals surface area contributed by atoms with Crippen LogP contribution in [-0.2, 0) is 0 Å². The Morgan fingerprint density at radius 3 is 1.80 bits per heavy atom. The van der Waals surface area contributed by atoms with Crippen LogP contribution >= 0.6 is 11.3 Å². The molecule has 0 saturated carbocycles. The average molecular weight is 780 g/mol.